The Morgan fingerprint density at radius 2 is 1.96 bits per heavy atom. The molecule has 4 heteroatoms. The van der Waals surface area contributed by atoms with Gasteiger partial charge in [0.1, 0.15) is 6.23 Å². The summed E-state index contributed by atoms with van der Waals surface area (Å²) in [4.78, 5) is 19.4. The van der Waals surface area contributed by atoms with Crippen LogP contribution in [0.1, 0.15) is 22.8 Å². The number of hydrogen-bond acceptors (Lipinski definition) is 3. The molecule has 3 aromatic rings. The third-order valence-corrected chi connectivity index (χ3v) is 4.38. The standard InChI is InChI=1S/C20H18N2O2/c1-2-24-18-13-15-7-3-4-10-16(15)20(23)22(18)17-11-5-8-14-9-6-12-21-19(14)17/h3-12,18H,2,13H2,1H3/t18-/m0/s1. The second kappa shape index (κ2) is 6.06. The van der Waals surface area contributed by atoms with Gasteiger partial charge in [0.25, 0.3) is 5.91 Å². The quantitative estimate of drug-likeness (QED) is 0.737. The molecule has 0 fully saturated rings. The predicted molar refractivity (Wildman–Crippen MR) is 94.1 cm³/mol. The minimum absolute atomic E-state index is 0.0338. The molecule has 24 heavy (non-hydrogen) atoms. The molecule has 1 aliphatic heterocycles. The fourth-order valence-corrected chi connectivity index (χ4v) is 3.32. The van der Waals surface area contributed by atoms with E-state index in [2.05, 4.69) is 4.98 Å². The van der Waals surface area contributed by atoms with E-state index in [9.17, 15) is 4.79 Å². The average Bonchev–Trinajstić information content (AvgIpc) is 2.62. The molecule has 0 unspecified atom stereocenters. The summed E-state index contributed by atoms with van der Waals surface area (Å²) in [6.45, 7) is 2.50. The van der Waals surface area contributed by atoms with E-state index in [-0.39, 0.29) is 12.1 Å². The number of ether oxygens (including phenoxy) is 1. The SMILES string of the molecule is CCO[C@H]1Cc2ccccc2C(=O)N1c1cccc2cccnc12. The highest BCUT2D eigenvalue weighted by Gasteiger charge is 2.34. The van der Waals surface area contributed by atoms with Crippen LogP contribution in [0.5, 0.6) is 0 Å². The van der Waals surface area contributed by atoms with Crippen molar-refractivity contribution in [1.29, 1.82) is 0 Å². The Bertz CT molecular complexity index is 902. The Morgan fingerprint density at radius 1 is 1.12 bits per heavy atom. The van der Waals surface area contributed by atoms with E-state index in [1.807, 2.05) is 61.5 Å². The number of para-hydroxylation sites is 1. The molecule has 1 aromatic heterocycles. The number of aromatic nitrogens is 1. The number of amides is 1. The zero-order valence-corrected chi connectivity index (χ0v) is 13.5. The van der Waals surface area contributed by atoms with Crippen molar-refractivity contribution in [1.82, 2.24) is 4.98 Å². The molecule has 1 aliphatic rings. The van der Waals surface area contributed by atoms with Crippen LogP contribution >= 0.6 is 0 Å². The van der Waals surface area contributed by atoms with Crippen LogP contribution in [0, 0.1) is 0 Å². The number of hydrogen-bond donors (Lipinski definition) is 0. The molecule has 0 spiro atoms. The summed E-state index contributed by atoms with van der Waals surface area (Å²) in [5.41, 5.74) is 3.38. The van der Waals surface area contributed by atoms with Crippen LogP contribution in [0.15, 0.2) is 60.8 Å². The van der Waals surface area contributed by atoms with Gasteiger partial charge in [-0.15, -0.1) is 0 Å². The van der Waals surface area contributed by atoms with Crippen LogP contribution in [0.2, 0.25) is 0 Å². The second-order valence-electron chi connectivity index (χ2n) is 5.80. The molecular formula is C20H18N2O2. The summed E-state index contributed by atoms with van der Waals surface area (Å²) in [7, 11) is 0. The maximum Gasteiger partial charge on any atom is 0.260 e. The largest absolute Gasteiger partial charge is 0.358 e. The van der Waals surface area contributed by atoms with Gasteiger partial charge < -0.3 is 4.74 Å². The van der Waals surface area contributed by atoms with Crippen molar-refractivity contribution in [3.8, 4) is 0 Å². The summed E-state index contributed by atoms with van der Waals surface area (Å²) in [6.07, 6.45) is 2.12. The summed E-state index contributed by atoms with van der Waals surface area (Å²) in [5.74, 6) is -0.0338. The van der Waals surface area contributed by atoms with Crippen LogP contribution in [-0.4, -0.2) is 23.7 Å². The van der Waals surface area contributed by atoms with E-state index < -0.39 is 0 Å². The van der Waals surface area contributed by atoms with Crippen molar-refractivity contribution in [3.05, 3.63) is 71.9 Å². The fourth-order valence-electron chi connectivity index (χ4n) is 3.32. The van der Waals surface area contributed by atoms with E-state index in [0.29, 0.717) is 13.0 Å². The normalized spacial score (nSPS) is 17.1. The monoisotopic (exact) mass is 318 g/mol. The lowest BCUT2D eigenvalue weighted by atomic mass is 9.97. The molecule has 0 bridgehead atoms. The summed E-state index contributed by atoms with van der Waals surface area (Å²) in [5, 5.41) is 1.01. The number of fused-ring (bicyclic) bond motifs is 2. The van der Waals surface area contributed by atoms with Crippen LogP contribution in [0.3, 0.4) is 0 Å². The lowest BCUT2D eigenvalue weighted by Crippen LogP contribution is -2.47. The second-order valence-corrected chi connectivity index (χ2v) is 5.80. The van der Waals surface area contributed by atoms with E-state index in [1.54, 1.807) is 11.1 Å². The third-order valence-electron chi connectivity index (χ3n) is 4.38. The van der Waals surface area contributed by atoms with E-state index in [4.69, 9.17) is 4.74 Å². The molecule has 0 radical (unpaired) electrons. The maximum atomic E-state index is 13.2. The number of carbonyl (C=O) groups is 1. The van der Waals surface area contributed by atoms with Crippen LogP contribution in [-0.2, 0) is 11.2 Å². The van der Waals surface area contributed by atoms with Gasteiger partial charge in [-0.25, -0.2) is 0 Å². The molecule has 1 atom stereocenters. The minimum atomic E-state index is -0.315. The maximum absolute atomic E-state index is 13.2. The van der Waals surface area contributed by atoms with E-state index in [1.165, 1.54) is 0 Å². The Labute approximate surface area is 140 Å². The number of pyridine rings is 1. The smallest absolute Gasteiger partial charge is 0.260 e. The number of nitrogens with zero attached hydrogens (tertiary/aromatic N) is 2. The minimum Gasteiger partial charge on any atom is -0.358 e. The van der Waals surface area contributed by atoms with Crippen LogP contribution < -0.4 is 4.90 Å². The zero-order chi connectivity index (χ0) is 16.5. The van der Waals surface area contributed by atoms with Gasteiger partial charge in [-0.3, -0.25) is 14.7 Å². The van der Waals surface area contributed by atoms with Gasteiger partial charge in [0.05, 0.1) is 11.2 Å². The molecule has 2 aromatic carbocycles. The van der Waals surface area contributed by atoms with Gasteiger partial charge in [0.15, 0.2) is 0 Å². The molecule has 4 rings (SSSR count). The van der Waals surface area contributed by atoms with Crippen molar-refractivity contribution in [2.75, 3.05) is 11.5 Å². The third kappa shape index (κ3) is 2.36. The first kappa shape index (κ1) is 14.8. The highest BCUT2D eigenvalue weighted by atomic mass is 16.5. The molecule has 4 nitrogen and oxygen atoms in total. The average molecular weight is 318 g/mol. The molecule has 1 amide bonds. The van der Waals surface area contributed by atoms with Crippen molar-refractivity contribution in [2.24, 2.45) is 0 Å². The summed E-state index contributed by atoms with van der Waals surface area (Å²) < 4.78 is 5.90. The number of anilines is 1. The highest BCUT2D eigenvalue weighted by Crippen LogP contribution is 2.33. The van der Waals surface area contributed by atoms with Crippen LogP contribution in [0.4, 0.5) is 5.69 Å². The van der Waals surface area contributed by atoms with Crippen molar-refractivity contribution < 1.29 is 9.53 Å². The number of benzene rings is 2. The first-order valence-corrected chi connectivity index (χ1v) is 8.16. The predicted octanol–water partition coefficient (Wildman–Crippen LogP) is 3.80. The number of carbonyl (C=O) groups excluding carboxylic acids is 1. The molecule has 0 N–H and O–H groups in total. The van der Waals surface area contributed by atoms with Crippen LogP contribution in [0.25, 0.3) is 10.9 Å². The lowest BCUT2D eigenvalue weighted by molar-refractivity contribution is 0.0495. The van der Waals surface area contributed by atoms with Gasteiger partial charge >= 0.3 is 0 Å². The Hall–Kier alpha value is -2.72. The molecular weight excluding hydrogens is 300 g/mol. The summed E-state index contributed by atoms with van der Waals surface area (Å²) in [6, 6.07) is 17.5. The number of rotatable bonds is 3. The van der Waals surface area contributed by atoms with Crippen molar-refractivity contribution in [2.45, 2.75) is 19.6 Å². The first-order valence-electron chi connectivity index (χ1n) is 8.16. The Morgan fingerprint density at radius 3 is 2.83 bits per heavy atom. The topological polar surface area (TPSA) is 42.4 Å². The molecule has 2 heterocycles. The lowest BCUT2D eigenvalue weighted by Gasteiger charge is -2.36. The Balaban J connectivity index is 1.89. The van der Waals surface area contributed by atoms with Gasteiger partial charge in [0, 0.05) is 30.2 Å². The molecule has 120 valence electrons. The fraction of sp³-hybridized carbons (Fsp3) is 0.200. The molecule has 0 saturated heterocycles. The zero-order valence-electron chi connectivity index (χ0n) is 13.5. The molecule has 0 aliphatic carbocycles. The van der Waals surface area contributed by atoms with Gasteiger partial charge in [-0.05, 0) is 30.7 Å². The van der Waals surface area contributed by atoms with E-state index >= 15 is 0 Å². The van der Waals surface area contributed by atoms with Crippen molar-refractivity contribution >= 4 is 22.5 Å². The van der Waals surface area contributed by atoms with Gasteiger partial charge in [0.2, 0.25) is 0 Å². The van der Waals surface area contributed by atoms with E-state index in [0.717, 1.165) is 27.7 Å². The summed E-state index contributed by atoms with van der Waals surface area (Å²) >= 11 is 0. The van der Waals surface area contributed by atoms with Gasteiger partial charge in [-0.1, -0.05) is 36.4 Å². The highest BCUT2D eigenvalue weighted by molar-refractivity contribution is 6.11. The van der Waals surface area contributed by atoms with Gasteiger partial charge in [-0.2, -0.15) is 0 Å². The first-order chi connectivity index (χ1) is 11.8. The van der Waals surface area contributed by atoms with Crippen molar-refractivity contribution in [3.63, 3.8) is 0 Å². The molecule has 0 saturated carbocycles. The Kier molecular flexibility index (Phi) is 3.75.